The minimum absolute atomic E-state index is 0.189. The average Bonchev–Trinajstić information content (AvgIpc) is 3.22. The molecule has 1 aliphatic rings. The van der Waals surface area contributed by atoms with Gasteiger partial charge in [0.25, 0.3) is 5.91 Å². The number of amides is 1. The molecule has 0 aliphatic carbocycles. The fraction of sp³-hybridized carbons (Fsp3) is 0.280. The van der Waals surface area contributed by atoms with E-state index in [1.165, 1.54) is 0 Å². The van der Waals surface area contributed by atoms with Gasteiger partial charge in [0.2, 0.25) is 0 Å². The molecule has 0 radical (unpaired) electrons. The Bertz CT molecular complexity index is 1310. The molecule has 8 heteroatoms. The second-order valence-corrected chi connectivity index (χ2v) is 8.96. The van der Waals surface area contributed by atoms with Gasteiger partial charge >= 0.3 is 0 Å². The van der Waals surface area contributed by atoms with Crippen LogP contribution in [0.2, 0.25) is 10.0 Å². The normalized spacial score (nSPS) is 14.7. The van der Waals surface area contributed by atoms with Crippen molar-refractivity contribution in [2.45, 2.75) is 6.42 Å². The van der Waals surface area contributed by atoms with Gasteiger partial charge in [0.1, 0.15) is 5.69 Å². The Morgan fingerprint density at radius 1 is 1.06 bits per heavy atom. The summed E-state index contributed by atoms with van der Waals surface area (Å²) in [5.74, 6) is -0.189. The van der Waals surface area contributed by atoms with Crippen LogP contribution in [-0.2, 0) is 4.74 Å². The van der Waals surface area contributed by atoms with Gasteiger partial charge in [-0.25, -0.2) is 4.98 Å². The van der Waals surface area contributed by atoms with Gasteiger partial charge in [-0.15, -0.1) is 0 Å². The summed E-state index contributed by atoms with van der Waals surface area (Å²) in [6, 6.07) is 15.3. The van der Waals surface area contributed by atoms with Crippen molar-refractivity contribution in [2.75, 3.05) is 39.4 Å². The van der Waals surface area contributed by atoms with E-state index < -0.39 is 0 Å². The third-order valence-corrected chi connectivity index (χ3v) is 6.70. The van der Waals surface area contributed by atoms with E-state index in [4.69, 9.17) is 32.9 Å². The molecule has 5 rings (SSSR count). The summed E-state index contributed by atoms with van der Waals surface area (Å²) in [5, 5.41) is 5.93. The summed E-state index contributed by atoms with van der Waals surface area (Å²) in [6.07, 6.45) is 0.876. The highest BCUT2D eigenvalue weighted by Gasteiger charge is 2.18. The minimum Gasteiger partial charge on any atom is -0.379 e. The molecule has 0 unspecified atom stereocenters. The van der Waals surface area contributed by atoms with Crippen molar-refractivity contribution in [2.24, 2.45) is 0 Å². The molecule has 2 aromatic carbocycles. The van der Waals surface area contributed by atoms with E-state index in [1.807, 2.05) is 36.4 Å². The lowest BCUT2D eigenvalue weighted by Gasteiger charge is -2.26. The number of fused-ring (bicyclic) bond motifs is 3. The number of hydrogen-bond acceptors (Lipinski definition) is 4. The Kier molecular flexibility index (Phi) is 6.51. The molecule has 0 saturated carbocycles. The highest BCUT2D eigenvalue weighted by atomic mass is 35.5. The zero-order valence-corrected chi connectivity index (χ0v) is 19.5. The maximum absolute atomic E-state index is 13.0. The lowest BCUT2D eigenvalue weighted by atomic mass is 10.1. The van der Waals surface area contributed by atoms with Crippen LogP contribution in [0.25, 0.3) is 33.1 Å². The molecular formula is C25H24Cl2N4O2. The molecule has 1 saturated heterocycles. The number of hydrogen-bond donors (Lipinski definition) is 2. The van der Waals surface area contributed by atoms with Crippen molar-refractivity contribution >= 4 is 50.9 Å². The Labute approximate surface area is 201 Å². The number of halogens is 2. The largest absolute Gasteiger partial charge is 0.379 e. The molecule has 0 bridgehead atoms. The summed E-state index contributed by atoms with van der Waals surface area (Å²) < 4.78 is 5.38. The molecule has 170 valence electrons. The predicted octanol–water partition coefficient (Wildman–Crippen LogP) is 5.14. The number of aromatic nitrogens is 2. The zero-order valence-electron chi connectivity index (χ0n) is 18.0. The summed E-state index contributed by atoms with van der Waals surface area (Å²) in [6.45, 7) is 4.97. The minimum atomic E-state index is -0.189. The molecule has 1 amide bonds. The fourth-order valence-electron chi connectivity index (χ4n) is 4.23. The molecule has 2 N–H and O–H groups in total. The molecule has 33 heavy (non-hydrogen) atoms. The number of nitrogens with zero attached hydrogens (tertiary/aromatic N) is 2. The van der Waals surface area contributed by atoms with E-state index in [1.54, 1.807) is 12.1 Å². The van der Waals surface area contributed by atoms with Gasteiger partial charge in [0.15, 0.2) is 0 Å². The Morgan fingerprint density at radius 3 is 2.70 bits per heavy atom. The molecule has 3 heterocycles. The van der Waals surface area contributed by atoms with Crippen LogP contribution >= 0.6 is 23.2 Å². The number of aromatic amines is 1. The van der Waals surface area contributed by atoms with Crippen molar-refractivity contribution in [1.82, 2.24) is 20.2 Å². The quantitative estimate of drug-likeness (QED) is 0.373. The molecular weight excluding hydrogens is 459 g/mol. The molecule has 4 aromatic rings. The number of pyridine rings is 1. The third-order valence-electron chi connectivity index (χ3n) is 5.96. The first-order valence-corrected chi connectivity index (χ1v) is 11.8. The highest BCUT2D eigenvalue weighted by Crippen LogP contribution is 2.35. The number of morpholine rings is 1. The number of carbonyl (C=O) groups is 1. The van der Waals surface area contributed by atoms with Gasteiger partial charge in [-0.3, -0.25) is 9.69 Å². The first-order valence-electron chi connectivity index (χ1n) is 11.1. The van der Waals surface area contributed by atoms with E-state index in [0.29, 0.717) is 28.0 Å². The highest BCUT2D eigenvalue weighted by molar-refractivity contribution is 6.42. The standard InChI is InChI=1S/C25H24Cl2N4O2/c26-19-7-6-16(14-20(19)27)23-24-18(17-4-1-2-5-21(17)29-24)15-22(30-23)25(32)28-8-3-9-31-10-12-33-13-11-31/h1-2,4-7,14-15,29H,3,8-13H2,(H,28,32). The van der Waals surface area contributed by atoms with Crippen molar-refractivity contribution in [3.05, 3.63) is 64.3 Å². The van der Waals surface area contributed by atoms with Crippen molar-refractivity contribution < 1.29 is 9.53 Å². The van der Waals surface area contributed by atoms with E-state index >= 15 is 0 Å². The topological polar surface area (TPSA) is 70.2 Å². The summed E-state index contributed by atoms with van der Waals surface area (Å²) in [5.41, 5.74) is 3.68. The number of benzene rings is 2. The molecule has 1 aliphatic heterocycles. The molecule has 2 aromatic heterocycles. The molecule has 0 spiro atoms. The van der Waals surface area contributed by atoms with Crippen molar-refractivity contribution in [1.29, 1.82) is 0 Å². The Balaban J connectivity index is 1.45. The van der Waals surface area contributed by atoms with E-state index in [2.05, 4.69) is 15.2 Å². The van der Waals surface area contributed by atoms with Crippen molar-refractivity contribution in [3.8, 4) is 11.3 Å². The van der Waals surface area contributed by atoms with E-state index in [-0.39, 0.29) is 5.91 Å². The SMILES string of the molecule is O=C(NCCCN1CCOCC1)c1cc2c([nH]c3ccccc32)c(-c2ccc(Cl)c(Cl)c2)n1. The van der Waals surface area contributed by atoms with Crippen LogP contribution in [0, 0.1) is 0 Å². The number of carbonyl (C=O) groups excluding carboxylic acids is 1. The number of nitrogens with one attached hydrogen (secondary N) is 2. The summed E-state index contributed by atoms with van der Waals surface area (Å²) in [7, 11) is 0. The lowest BCUT2D eigenvalue weighted by molar-refractivity contribution is 0.0374. The van der Waals surface area contributed by atoms with Gasteiger partial charge in [0, 0.05) is 41.5 Å². The second-order valence-electron chi connectivity index (χ2n) is 8.14. The van der Waals surface area contributed by atoms with Crippen LogP contribution in [0.1, 0.15) is 16.9 Å². The van der Waals surface area contributed by atoms with Crippen LogP contribution < -0.4 is 5.32 Å². The number of H-pyrrole nitrogens is 1. The van der Waals surface area contributed by atoms with Gasteiger partial charge in [-0.05, 0) is 37.2 Å². The lowest BCUT2D eigenvalue weighted by Crippen LogP contribution is -2.38. The van der Waals surface area contributed by atoms with Gasteiger partial charge < -0.3 is 15.0 Å². The van der Waals surface area contributed by atoms with Crippen LogP contribution in [0.3, 0.4) is 0 Å². The first-order chi connectivity index (χ1) is 16.1. The number of para-hydroxylation sites is 1. The third kappa shape index (κ3) is 4.70. The second kappa shape index (κ2) is 9.69. The Hall–Kier alpha value is -2.64. The van der Waals surface area contributed by atoms with Crippen LogP contribution in [0.5, 0.6) is 0 Å². The average molecular weight is 483 g/mol. The van der Waals surface area contributed by atoms with E-state index in [9.17, 15) is 4.79 Å². The first kappa shape index (κ1) is 22.2. The predicted molar refractivity (Wildman–Crippen MR) is 133 cm³/mol. The Morgan fingerprint density at radius 2 is 1.88 bits per heavy atom. The van der Waals surface area contributed by atoms with Crippen LogP contribution in [0.15, 0.2) is 48.5 Å². The van der Waals surface area contributed by atoms with Gasteiger partial charge in [-0.1, -0.05) is 47.5 Å². The molecule has 0 atom stereocenters. The maximum atomic E-state index is 13.0. The summed E-state index contributed by atoms with van der Waals surface area (Å²) in [4.78, 5) is 23.6. The zero-order chi connectivity index (χ0) is 22.8. The van der Waals surface area contributed by atoms with Crippen LogP contribution in [0.4, 0.5) is 0 Å². The summed E-state index contributed by atoms with van der Waals surface area (Å²) >= 11 is 12.4. The van der Waals surface area contributed by atoms with Gasteiger partial charge in [0.05, 0.1) is 34.5 Å². The molecule has 6 nitrogen and oxygen atoms in total. The number of ether oxygens (including phenoxy) is 1. The smallest absolute Gasteiger partial charge is 0.269 e. The van der Waals surface area contributed by atoms with Gasteiger partial charge in [-0.2, -0.15) is 0 Å². The van der Waals surface area contributed by atoms with Crippen molar-refractivity contribution in [3.63, 3.8) is 0 Å². The van der Waals surface area contributed by atoms with Crippen LogP contribution in [-0.4, -0.2) is 60.2 Å². The monoisotopic (exact) mass is 482 g/mol. The number of rotatable bonds is 6. The maximum Gasteiger partial charge on any atom is 0.269 e. The fourth-order valence-corrected chi connectivity index (χ4v) is 4.53. The molecule has 1 fully saturated rings. The van der Waals surface area contributed by atoms with E-state index in [0.717, 1.165) is 66.6 Å².